The summed E-state index contributed by atoms with van der Waals surface area (Å²) in [5.74, 6) is 0.888. The number of anilines is 1. The highest BCUT2D eigenvalue weighted by atomic mass is 16.5. The zero-order valence-electron chi connectivity index (χ0n) is 14.7. The number of nitrogens with one attached hydrogen (secondary N) is 1. The van der Waals surface area contributed by atoms with Gasteiger partial charge in [0.1, 0.15) is 11.4 Å². The molecule has 0 aromatic heterocycles. The lowest BCUT2D eigenvalue weighted by atomic mass is 9.92. The Morgan fingerprint density at radius 1 is 1.12 bits per heavy atom. The molecule has 1 heterocycles. The second-order valence-corrected chi connectivity index (χ2v) is 6.47. The van der Waals surface area contributed by atoms with Crippen LogP contribution in [0.4, 0.5) is 5.69 Å². The Hall–Kier alpha value is -2.49. The number of hydrogen-bond donors (Lipinski definition) is 1. The quantitative estimate of drug-likeness (QED) is 0.915. The van der Waals surface area contributed by atoms with Crippen molar-refractivity contribution in [2.24, 2.45) is 0 Å². The molecule has 24 heavy (non-hydrogen) atoms. The van der Waals surface area contributed by atoms with Gasteiger partial charge in [-0.2, -0.15) is 0 Å². The maximum absolute atomic E-state index is 13.1. The molecule has 0 saturated heterocycles. The monoisotopic (exact) mass is 324 g/mol. The first-order valence-electron chi connectivity index (χ1n) is 8.41. The van der Waals surface area contributed by atoms with Crippen molar-refractivity contribution in [2.75, 3.05) is 11.9 Å². The van der Waals surface area contributed by atoms with E-state index in [1.165, 1.54) is 0 Å². The lowest BCUT2D eigenvalue weighted by Crippen LogP contribution is -2.58. The van der Waals surface area contributed by atoms with E-state index in [4.69, 9.17) is 4.74 Å². The van der Waals surface area contributed by atoms with E-state index >= 15 is 0 Å². The number of carbonyl (C=O) groups excluding carboxylic acids is 1. The molecule has 0 bridgehead atoms. The van der Waals surface area contributed by atoms with Crippen LogP contribution in [0.25, 0.3) is 0 Å². The number of amides is 1. The second-order valence-electron chi connectivity index (χ2n) is 6.47. The van der Waals surface area contributed by atoms with Gasteiger partial charge in [0.05, 0.1) is 12.2 Å². The van der Waals surface area contributed by atoms with Gasteiger partial charge in [0, 0.05) is 11.7 Å². The normalized spacial score (nSPS) is 19.9. The first-order valence-corrected chi connectivity index (χ1v) is 8.41. The van der Waals surface area contributed by atoms with Crippen LogP contribution in [-0.4, -0.2) is 23.5 Å². The summed E-state index contributed by atoms with van der Waals surface area (Å²) in [6, 6.07) is 15.7. The fourth-order valence-electron chi connectivity index (χ4n) is 3.44. The van der Waals surface area contributed by atoms with Crippen LogP contribution in [0.1, 0.15) is 43.6 Å². The van der Waals surface area contributed by atoms with Gasteiger partial charge in [-0.3, -0.25) is 4.79 Å². The fraction of sp³-hybridized carbons (Fsp3) is 0.350. The minimum absolute atomic E-state index is 0.0516. The summed E-state index contributed by atoms with van der Waals surface area (Å²) in [5, 5.41) is 3.57. The van der Waals surface area contributed by atoms with Crippen molar-refractivity contribution < 1.29 is 9.53 Å². The molecule has 1 amide bonds. The van der Waals surface area contributed by atoms with Crippen LogP contribution in [0, 0.1) is 0 Å². The van der Waals surface area contributed by atoms with Crippen LogP contribution in [0.3, 0.4) is 0 Å². The van der Waals surface area contributed by atoms with Crippen LogP contribution in [-0.2, 0) is 5.66 Å². The first kappa shape index (κ1) is 16.4. The van der Waals surface area contributed by atoms with Gasteiger partial charge in [0.2, 0.25) is 0 Å². The third-order valence-corrected chi connectivity index (χ3v) is 4.48. The predicted octanol–water partition coefficient (Wildman–Crippen LogP) is 4.23. The maximum atomic E-state index is 13.1. The molecule has 2 aromatic rings. The SMILES string of the molecule is CCOc1ccc(C2(C)Nc3ccccc3C(=O)N2C(C)C)cc1. The van der Waals surface area contributed by atoms with Gasteiger partial charge >= 0.3 is 0 Å². The Morgan fingerprint density at radius 2 is 1.79 bits per heavy atom. The summed E-state index contributed by atoms with van der Waals surface area (Å²) < 4.78 is 5.53. The summed E-state index contributed by atoms with van der Waals surface area (Å²) in [5.41, 5.74) is 2.01. The molecule has 126 valence electrons. The number of benzene rings is 2. The van der Waals surface area contributed by atoms with Crippen molar-refractivity contribution in [3.8, 4) is 5.75 Å². The molecule has 1 N–H and O–H groups in total. The van der Waals surface area contributed by atoms with Gasteiger partial charge < -0.3 is 15.0 Å². The van der Waals surface area contributed by atoms with E-state index in [1.54, 1.807) is 0 Å². The number of rotatable bonds is 4. The van der Waals surface area contributed by atoms with Crippen LogP contribution in [0.5, 0.6) is 5.75 Å². The Morgan fingerprint density at radius 3 is 2.42 bits per heavy atom. The zero-order chi connectivity index (χ0) is 17.3. The summed E-state index contributed by atoms with van der Waals surface area (Å²) >= 11 is 0. The molecular formula is C20H24N2O2. The first-order chi connectivity index (χ1) is 11.5. The lowest BCUT2D eigenvalue weighted by Gasteiger charge is -2.48. The smallest absolute Gasteiger partial charge is 0.258 e. The molecule has 1 atom stereocenters. The van der Waals surface area contributed by atoms with Crippen LogP contribution >= 0.6 is 0 Å². The largest absolute Gasteiger partial charge is 0.494 e. The van der Waals surface area contributed by atoms with Gasteiger partial charge in [-0.25, -0.2) is 0 Å². The van der Waals surface area contributed by atoms with Crippen molar-refractivity contribution in [2.45, 2.75) is 39.4 Å². The molecule has 0 aliphatic carbocycles. The van der Waals surface area contributed by atoms with Crippen molar-refractivity contribution in [1.82, 2.24) is 4.90 Å². The van der Waals surface area contributed by atoms with Gasteiger partial charge in [-0.05, 0) is 57.5 Å². The number of nitrogens with zero attached hydrogens (tertiary/aromatic N) is 1. The van der Waals surface area contributed by atoms with Gasteiger partial charge in [0.15, 0.2) is 0 Å². The molecule has 0 spiro atoms. The summed E-state index contributed by atoms with van der Waals surface area (Å²) in [6.07, 6.45) is 0. The topological polar surface area (TPSA) is 41.6 Å². The van der Waals surface area contributed by atoms with Gasteiger partial charge in [-0.15, -0.1) is 0 Å². The summed E-state index contributed by atoms with van der Waals surface area (Å²) in [7, 11) is 0. The van der Waals surface area contributed by atoms with E-state index in [0.29, 0.717) is 6.61 Å². The molecule has 1 unspecified atom stereocenters. The molecule has 0 radical (unpaired) electrons. The Kier molecular flexibility index (Phi) is 4.22. The van der Waals surface area contributed by atoms with E-state index in [1.807, 2.05) is 74.2 Å². The third-order valence-electron chi connectivity index (χ3n) is 4.48. The number of fused-ring (bicyclic) bond motifs is 1. The molecular weight excluding hydrogens is 300 g/mol. The summed E-state index contributed by atoms with van der Waals surface area (Å²) in [6.45, 7) is 8.74. The molecule has 4 nitrogen and oxygen atoms in total. The van der Waals surface area contributed by atoms with Crippen molar-refractivity contribution >= 4 is 11.6 Å². The van der Waals surface area contributed by atoms with Crippen LogP contribution in [0.15, 0.2) is 48.5 Å². The average Bonchev–Trinajstić information content (AvgIpc) is 2.55. The molecule has 4 heteroatoms. The predicted molar refractivity (Wildman–Crippen MR) is 96.3 cm³/mol. The number of carbonyl (C=O) groups is 1. The van der Waals surface area contributed by atoms with Crippen molar-refractivity contribution in [3.05, 3.63) is 59.7 Å². The van der Waals surface area contributed by atoms with E-state index < -0.39 is 5.66 Å². The second kappa shape index (κ2) is 6.19. The molecule has 0 fully saturated rings. The standard InChI is InChI=1S/C20H24N2O2/c1-5-24-16-12-10-15(11-13-16)20(4)21-18-9-7-6-8-17(18)19(23)22(20)14(2)3/h6-14,21H,5H2,1-4H3. The highest BCUT2D eigenvalue weighted by molar-refractivity contribution is 6.02. The highest BCUT2D eigenvalue weighted by Gasteiger charge is 2.43. The van der Waals surface area contributed by atoms with Gasteiger partial charge in [0.25, 0.3) is 5.91 Å². The van der Waals surface area contributed by atoms with E-state index in [2.05, 4.69) is 12.2 Å². The van der Waals surface area contributed by atoms with Crippen LogP contribution < -0.4 is 10.1 Å². The minimum atomic E-state index is -0.607. The number of hydrogen-bond acceptors (Lipinski definition) is 3. The highest BCUT2D eigenvalue weighted by Crippen LogP contribution is 2.39. The zero-order valence-corrected chi connectivity index (χ0v) is 14.7. The third kappa shape index (κ3) is 2.62. The van der Waals surface area contributed by atoms with E-state index in [0.717, 1.165) is 22.6 Å². The molecule has 3 rings (SSSR count). The molecule has 2 aromatic carbocycles. The van der Waals surface area contributed by atoms with E-state index in [-0.39, 0.29) is 11.9 Å². The maximum Gasteiger partial charge on any atom is 0.258 e. The Labute approximate surface area is 143 Å². The van der Waals surface area contributed by atoms with Crippen LogP contribution in [0.2, 0.25) is 0 Å². The van der Waals surface area contributed by atoms with Gasteiger partial charge in [-0.1, -0.05) is 24.3 Å². The fourth-order valence-corrected chi connectivity index (χ4v) is 3.44. The minimum Gasteiger partial charge on any atom is -0.494 e. The van der Waals surface area contributed by atoms with Crippen molar-refractivity contribution in [1.29, 1.82) is 0 Å². The molecule has 1 aliphatic rings. The lowest BCUT2D eigenvalue weighted by molar-refractivity contribution is 0.0433. The van der Waals surface area contributed by atoms with E-state index in [9.17, 15) is 4.79 Å². The number of para-hydroxylation sites is 1. The number of ether oxygens (including phenoxy) is 1. The van der Waals surface area contributed by atoms with Crippen molar-refractivity contribution in [3.63, 3.8) is 0 Å². The molecule has 1 aliphatic heterocycles. The summed E-state index contributed by atoms with van der Waals surface area (Å²) in [4.78, 5) is 15.0. The molecule has 0 saturated carbocycles. The Balaban J connectivity index is 2.07. The average molecular weight is 324 g/mol. The Bertz CT molecular complexity index is 740.